The highest BCUT2D eigenvalue weighted by atomic mass is 16.7. The highest BCUT2D eigenvalue weighted by Gasteiger charge is 2.66. The van der Waals surface area contributed by atoms with Crippen LogP contribution < -0.4 is 11.2 Å². The first-order chi connectivity index (χ1) is 9.34. The van der Waals surface area contributed by atoms with Crippen LogP contribution in [-0.4, -0.2) is 54.7 Å². The number of aliphatic hydroxyl groups is 3. The Morgan fingerprint density at radius 2 is 2.15 bits per heavy atom. The van der Waals surface area contributed by atoms with Crippen molar-refractivity contribution in [3.63, 3.8) is 0 Å². The van der Waals surface area contributed by atoms with Crippen molar-refractivity contribution in [2.45, 2.75) is 24.2 Å². The summed E-state index contributed by atoms with van der Waals surface area (Å²) in [5, 5.41) is 39.7. The zero-order valence-corrected chi connectivity index (χ0v) is 9.87. The van der Waals surface area contributed by atoms with E-state index in [9.17, 15) is 29.9 Å². The first kappa shape index (κ1) is 14.3. The number of aliphatic hydroxyl groups excluding tert-OH is 3. The summed E-state index contributed by atoms with van der Waals surface area (Å²) in [6, 6.07) is 0.821. The highest BCUT2D eigenvalue weighted by molar-refractivity contribution is 4.97. The highest BCUT2D eigenvalue weighted by Crippen LogP contribution is 2.34. The minimum atomic E-state index is -2.83. The zero-order chi connectivity index (χ0) is 15.1. The Bertz CT molecular complexity index is 639. The fourth-order valence-electron chi connectivity index (χ4n) is 2.04. The minimum Gasteiger partial charge on any atom is -0.394 e. The van der Waals surface area contributed by atoms with Crippen LogP contribution in [0.15, 0.2) is 21.9 Å². The van der Waals surface area contributed by atoms with Gasteiger partial charge in [-0.2, -0.15) is 0 Å². The monoisotopic (exact) mass is 289 g/mol. The number of H-pyrrole nitrogens is 1. The predicted octanol–water partition coefficient (Wildman–Crippen LogP) is -3.46. The van der Waals surface area contributed by atoms with Crippen LogP contribution in [0, 0.1) is 10.1 Å². The Labute approximate surface area is 109 Å². The van der Waals surface area contributed by atoms with Crippen LogP contribution in [0.1, 0.15) is 0 Å². The predicted molar refractivity (Wildman–Crippen MR) is 60.3 cm³/mol. The van der Waals surface area contributed by atoms with Gasteiger partial charge < -0.3 is 15.3 Å². The standard InChI is InChI=1S/C9H11N3O8/c13-3-4-6(15)7(16)9(20-4,12(18)19)11-2-1-5(14)10-8(11)17/h1-2,4,6-7,13,15-16H,3H2,(H,10,14,17)/t4-,6-,7-,9-/m1/s1. The molecule has 110 valence electrons. The number of nitrogens with one attached hydrogen (secondary N) is 1. The van der Waals surface area contributed by atoms with E-state index in [0.29, 0.717) is 4.57 Å². The second kappa shape index (κ2) is 4.79. The molecule has 0 spiro atoms. The summed E-state index contributed by atoms with van der Waals surface area (Å²) < 4.78 is 5.23. The average Bonchev–Trinajstić information content (AvgIpc) is 2.64. The lowest BCUT2D eigenvalue weighted by molar-refractivity contribution is -0.673. The van der Waals surface area contributed by atoms with Crippen molar-refractivity contribution in [1.29, 1.82) is 0 Å². The molecule has 4 N–H and O–H groups in total. The molecule has 2 rings (SSSR count). The van der Waals surface area contributed by atoms with Gasteiger partial charge >= 0.3 is 11.5 Å². The Balaban J connectivity index is 2.65. The molecule has 1 aliphatic heterocycles. The third-order valence-corrected chi connectivity index (χ3v) is 3.03. The van der Waals surface area contributed by atoms with Crippen LogP contribution >= 0.6 is 0 Å². The topological polar surface area (TPSA) is 168 Å². The van der Waals surface area contributed by atoms with E-state index in [1.165, 1.54) is 0 Å². The number of nitrogens with zero attached hydrogens (tertiary/aromatic N) is 2. The van der Waals surface area contributed by atoms with E-state index in [2.05, 4.69) is 0 Å². The number of ether oxygens (including phenoxy) is 1. The lowest BCUT2D eigenvalue weighted by Crippen LogP contribution is -2.56. The Morgan fingerprint density at radius 3 is 2.60 bits per heavy atom. The molecule has 4 atom stereocenters. The molecule has 1 aromatic heterocycles. The summed E-state index contributed by atoms with van der Waals surface area (Å²) in [4.78, 5) is 34.5. The van der Waals surface area contributed by atoms with E-state index < -0.39 is 46.9 Å². The van der Waals surface area contributed by atoms with Crippen LogP contribution in [-0.2, 0) is 10.6 Å². The smallest absolute Gasteiger partial charge is 0.394 e. The molecule has 1 aromatic rings. The van der Waals surface area contributed by atoms with Crippen molar-refractivity contribution in [2.75, 3.05) is 6.61 Å². The molecule has 0 amide bonds. The van der Waals surface area contributed by atoms with E-state index in [4.69, 9.17) is 9.84 Å². The van der Waals surface area contributed by atoms with Gasteiger partial charge in [0.2, 0.25) is 6.10 Å². The number of aromatic nitrogens is 2. The van der Waals surface area contributed by atoms with Gasteiger partial charge in [0.25, 0.3) is 5.56 Å². The molecule has 0 saturated carbocycles. The maximum atomic E-state index is 11.7. The van der Waals surface area contributed by atoms with Crippen molar-refractivity contribution < 1.29 is 25.0 Å². The summed E-state index contributed by atoms with van der Waals surface area (Å²) in [6.07, 6.45) is -4.57. The number of rotatable bonds is 3. The molecule has 0 unspecified atom stereocenters. The van der Waals surface area contributed by atoms with E-state index >= 15 is 0 Å². The Morgan fingerprint density at radius 1 is 1.50 bits per heavy atom. The first-order valence-corrected chi connectivity index (χ1v) is 5.46. The summed E-state index contributed by atoms with van der Waals surface area (Å²) in [5.41, 5.74) is -1.99. The van der Waals surface area contributed by atoms with Gasteiger partial charge in [-0.3, -0.25) is 24.6 Å². The fourth-order valence-corrected chi connectivity index (χ4v) is 2.04. The van der Waals surface area contributed by atoms with Crippen LogP contribution in [0.5, 0.6) is 0 Å². The van der Waals surface area contributed by atoms with Gasteiger partial charge in [0.05, 0.1) is 11.5 Å². The van der Waals surface area contributed by atoms with Crippen molar-refractivity contribution in [3.8, 4) is 0 Å². The van der Waals surface area contributed by atoms with Crippen molar-refractivity contribution >= 4 is 0 Å². The lowest BCUT2D eigenvalue weighted by Gasteiger charge is -2.23. The van der Waals surface area contributed by atoms with Crippen molar-refractivity contribution in [2.24, 2.45) is 0 Å². The molecule has 11 heteroatoms. The molecule has 20 heavy (non-hydrogen) atoms. The van der Waals surface area contributed by atoms with Gasteiger partial charge in [0, 0.05) is 12.3 Å². The normalized spacial score (nSPS) is 33.2. The zero-order valence-electron chi connectivity index (χ0n) is 9.87. The van der Waals surface area contributed by atoms with Crippen molar-refractivity contribution in [1.82, 2.24) is 9.55 Å². The number of hydrogen-bond donors (Lipinski definition) is 4. The third-order valence-electron chi connectivity index (χ3n) is 3.03. The molecular weight excluding hydrogens is 278 g/mol. The summed E-state index contributed by atoms with van der Waals surface area (Å²) in [7, 11) is 0. The number of nitro groups is 1. The molecule has 1 saturated heterocycles. The van der Waals surface area contributed by atoms with E-state index in [-0.39, 0.29) is 0 Å². The molecule has 0 aliphatic carbocycles. The fraction of sp³-hybridized carbons (Fsp3) is 0.556. The second-order valence-corrected chi connectivity index (χ2v) is 4.17. The average molecular weight is 289 g/mol. The van der Waals surface area contributed by atoms with Crippen LogP contribution in [0.25, 0.3) is 0 Å². The maximum Gasteiger partial charge on any atom is 0.446 e. The maximum absolute atomic E-state index is 11.7. The van der Waals surface area contributed by atoms with Gasteiger partial charge in [-0.15, -0.1) is 0 Å². The van der Waals surface area contributed by atoms with Crippen LogP contribution in [0.4, 0.5) is 0 Å². The van der Waals surface area contributed by atoms with Crippen LogP contribution in [0.2, 0.25) is 0 Å². The largest absolute Gasteiger partial charge is 0.446 e. The van der Waals surface area contributed by atoms with Gasteiger partial charge in [0.15, 0.2) is 0 Å². The minimum absolute atomic E-state index is 0.345. The Kier molecular flexibility index (Phi) is 3.43. The molecule has 1 aliphatic rings. The molecule has 2 heterocycles. The number of hydrogen-bond acceptors (Lipinski definition) is 8. The SMILES string of the molecule is O=c1ccn([C@]2([N+](=O)[O-])O[C@H](CO)[C@@H](O)[C@H]2O)c(=O)[nH]1. The third kappa shape index (κ3) is 1.84. The summed E-state index contributed by atoms with van der Waals surface area (Å²) in [5.74, 6) is -2.83. The molecular formula is C9H11N3O8. The van der Waals surface area contributed by atoms with Crippen LogP contribution in [0.3, 0.4) is 0 Å². The van der Waals surface area contributed by atoms with E-state index in [1.54, 1.807) is 4.98 Å². The molecule has 0 aromatic carbocycles. The molecule has 11 nitrogen and oxygen atoms in total. The van der Waals surface area contributed by atoms with E-state index in [0.717, 1.165) is 12.3 Å². The lowest BCUT2D eigenvalue weighted by atomic mass is 10.1. The number of aromatic amines is 1. The summed E-state index contributed by atoms with van der Waals surface area (Å²) in [6.45, 7) is -0.800. The summed E-state index contributed by atoms with van der Waals surface area (Å²) >= 11 is 0. The molecule has 0 radical (unpaired) electrons. The van der Waals surface area contributed by atoms with Gasteiger partial charge in [-0.1, -0.05) is 0 Å². The first-order valence-electron chi connectivity index (χ1n) is 5.46. The quantitative estimate of drug-likeness (QED) is 0.329. The van der Waals surface area contributed by atoms with Gasteiger partial charge in [-0.25, -0.2) is 9.36 Å². The molecule has 0 bridgehead atoms. The van der Waals surface area contributed by atoms with Gasteiger partial charge in [0.1, 0.15) is 12.2 Å². The molecule has 1 fully saturated rings. The Hall–Kier alpha value is -2.08. The van der Waals surface area contributed by atoms with E-state index in [1.807, 2.05) is 0 Å². The second-order valence-electron chi connectivity index (χ2n) is 4.17. The van der Waals surface area contributed by atoms with Gasteiger partial charge in [-0.05, 0) is 0 Å². The van der Waals surface area contributed by atoms with Crippen molar-refractivity contribution in [3.05, 3.63) is 43.2 Å².